The zero-order valence-electron chi connectivity index (χ0n) is 28.1. The summed E-state index contributed by atoms with van der Waals surface area (Å²) in [4.78, 5) is 11.0. The Morgan fingerprint density at radius 1 is 0.288 bits per heavy atom. The van der Waals surface area contributed by atoms with Crippen LogP contribution in [0.3, 0.4) is 0 Å². The van der Waals surface area contributed by atoms with E-state index in [2.05, 4.69) is 191 Å². The average molecular weight is 663 g/mol. The van der Waals surface area contributed by atoms with Crippen molar-refractivity contribution in [2.45, 2.75) is 0 Å². The Bertz CT molecular complexity index is 2960. The molecule has 0 N–H and O–H groups in total. The van der Waals surface area contributed by atoms with Gasteiger partial charge in [0.25, 0.3) is 0 Å². The second kappa shape index (κ2) is 11.2. The van der Waals surface area contributed by atoms with Gasteiger partial charge in [0.05, 0.1) is 22.1 Å². The lowest BCUT2D eigenvalue weighted by molar-refractivity contribution is 1.10. The van der Waals surface area contributed by atoms with Crippen molar-refractivity contribution in [2.24, 2.45) is 0 Å². The van der Waals surface area contributed by atoms with E-state index in [1.165, 1.54) is 32.3 Å². The van der Waals surface area contributed by atoms with Crippen LogP contribution in [0.2, 0.25) is 0 Å². The minimum absolute atomic E-state index is 0.892. The van der Waals surface area contributed by atoms with E-state index in [0.29, 0.717) is 0 Å². The van der Waals surface area contributed by atoms with Gasteiger partial charge in [-0.3, -0.25) is 9.13 Å². The van der Waals surface area contributed by atoms with Gasteiger partial charge in [0, 0.05) is 44.0 Å². The van der Waals surface area contributed by atoms with E-state index in [1.807, 2.05) is 0 Å². The van der Waals surface area contributed by atoms with Crippen LogP contribution in [0, 0.1) is 0 Å². The van der Waals surface area contributed by atoms with Crippen LogP contribution < -0.4 is 0 Å². The summed E-state index contributed by atoms with van der Waals surface area (Å²) in [5.74, 6) is 1.78. The van der Waals surface area contributed by atoms with Crippen LogP contribution in [0.1, 0.15) is 0 Å². The Morgan fingerprint density at radius 2 is 0.615 bits per heavy atom. The molecule has 0 aliphatic heterocycles. The lowest BCUT2D eigenvalue weighted by Gasteiger charge is -2.14. The highest BCUT2D eigenvalue weighted by Crippen LogP contribution is 2.42. The maximum absolute atomic E-state index is 5.51. The van der Waals surface area contributed by atoms with Gasteiger partial charge in [0.2, 0.25) is 0 Å². The van der Waals surface area contributed by atoms with Gasteiger partial charge in [-0.25, -0.2) is 9.97 Å². The molecule has 4 heteroatoms. The normalized spacial score (nSPS) is 11.8. The number of fused-ring (bicyclic) bond motifs is 12. The highest BCUT2D eigenvalue weighted by atomic mass is 15.1. The van der Waals surface area contributed by atoms with Gasteiger partial charge < -0.3 is 0 Å². The first-order chi connectivity index (χ1) is 25.8. The summed E-state index contributed by atoms with van der Waals surface area (Å²) >= 11 is 0. The molecular formula is C48H30N4. The van der Waals surface area contributed by atoms with Gasteiger partial charge in [-0.2, -0.15) is 0 Å². The fourth-order valence-electron chi connectivity index (χ4n) is 8.25. The van der Waals surface area contributed by atoms with Crippen LogP contribution in [0.25, 0.3) is 99.3 Å². The molecule has 0 atom stereocenters. The lowest BCUT2D eigenvalue weighted by Crippen LogP contribution is -2.00. The molecule has 2 aromatic heterocycles. The van der Waals surface area contributed by atoms with E-state index >= 15 is 0 Å². The van der Waals surface area contributed by atoms with E-state index in [4.69, 9.17) is 9.97 Å². The molecule has 242 valence electrons. The van der Waals surface area contributed by atoms with E-state index in [1.54, 1.807) is 0 Å². The summed E-state index contributed by atoms with van der Waals surface area (Å²) in [6.07, 6.45) is 0. The second-order valence-electron chi connectivity index (χ2n) is 13.4. The molecular weight excluding hydrogens is 633 g/mol. The maximum atomic E-state index is 5.51. The predicted octanol–water partition coefficient (Wildman–Crippen LogP) is 12.3. The van der Waals surface area contributed by atoms with Gasteiger partial charge in [-0.05, 0) is 51.9 Å². The van der Waals surface area contributed by atoms with E-state index in [9.17, 15) is 0 Å². The van der Waals surface area contributed by atoms with Crippen molar-refractivity contribution in [1.82, 2.24) is 19.1 Å². The molecule has 0 unspecified atom stereocenters. The fraction of sp³-hybridized carbons (Fsp3) is 0. The molecule has 4 nitrogen and oxygen atoms in total. The van der Waals surface area contributed by atoms with Crippen molar-refractivity contribution in [3.8, 4) is 34.2 Å². The summed E-state index contributed by atoms with van der Waals surface area (Å²) in [5.41, 5.74) is 8.38. The van der Waals surface area contributed by atoms with Gasteiger partial charge in [0.1, 0.15) is 11.6 Å². The minimum Gasteiger partial charge on any atom is -0.292 e. The molecule has 9 aromatic carbocycles. The predicted molar refractivity (Wildman–Crippen MR) is 217 cm³/mol. The second-order valence-corrected chi connectivity index (χ2v) is 13.4. The van der Waals surface area contributed by atoms with Gasteiger partial charge in [-0.1, -0.05) is 152 Å². The molecule has 0 bridgehead atoms. The number of para-hydroxylation sites is 2. The number of aromatic nitrogens is 4. The first-order valence-electron chi connectivity index (χ1n) is 17.7. The summed E-state index contributed by atoms with van der Waals surface area (Å²) < 4.78 is 4.68. The van der Waals surface area contributed by atoms with Crippen LogP contribution in [0.4, 0.5) is 0 Å². The molecule has 0 fully saturated rings. The minimum atomic E-state index is 0.892. The SMILES string of the molecule is c1ccc(-n2c(-c3cccc(-c4nc5c6ccccc6c6ccccc6c5n4-c4ccccc4)c3)nc3c4ccccc4c4ccccc4c32)cc1. The summed E-state index contributed by atoms with van der Waals surface area (Å²) in [7, 11) is 0. The molecule has 0 saturated heterocycles. The first kappa shape index (κ1) is 28.8. The highest BCUT2D eigenvalue weighted by Gasteiger charge is 2.23. The smallest absolute Gasteiger partial charge is 0.145 e. The Morgan fingerprint density at radius 3 is 1.02 bits per heavy atom. The molecule has 0 spiro atoms. The van der Waals surface area contributed by atoms with Gasteiger partial charge in [-0.15, -0.1) is 0 Å². The van der Waals surface area contributed by atoms with E-state index < -0.39 is 0 Å². The lowest BCUT2D eigenvalue weighted by atomic mass is 10.00. The number of imidazole rings is 2. The van der Waals surface area contributed by atoms with Crippen molar-refractivity contribution in [3.63, 3.8) is 0 Å². The average Bonchev–Trinajstić information content (AvgIpc) is 3.83. The Kier molecular flexibility index (Phi) is 6.22. The number of benzene rings is 9. The van der Waals surface area contributed by atoms with E-state index in [-0.39, 0.29) is 0 Å². The van der Waals surface area contributed by atoms with Crippen molar-refractivity contribution < 1.29 is 0 Å². The standard InChI is InChI=1S/C48H30N4/c1-3-18-33(19-4-1)51-45-41-28-13-9-24-37(41)35-22-7-11-26-39(35)43(45)49-47(51)31-16-15-17-32(30-31)48-50-44-40-27-12-8-23-36(40)38-25-10-14-29-42(38)46(44)52(48)34-20-5-2-6-21-34/h1-30H. The summed E-state index contributed by atoms with van der Waals surface area (Å²) in [6, 6.07) is 64.6. The Labute approximate surface area is 299 Å². The van der Waals surface area contributed by atoms with Crippen molar-refractivity contribution in [2.75, 3.05) is 0 Å². The van der Waals surface area contributed by atoms with Gasteiger partial charge >= 0.3 is 0 Å². The van der Waals surface area contributed by atoms with Crippen molar-refractivity contribution >= 4 is 65.2 Å². The third-order valence-corrected chi connectivity index (χ3v) is 10.5. The highest BCUT2D eigenvalue weighted by molar-refractivity contribution is 6.25. The molecule has 0 aliphatic rings. The number of hydrogen-bond donors (Lipinski definition) is 0. The van der Waals surface area contributed by atoms with Crippen LogP contribution in [-0.4, -0.2) is 19.1 Å². The maximum Gasteiger partial charge on any atom is 0.145 e. The quantitative estimate of drug-likeness (QED) is 0.176. The topological polar surface area (TPSA) is 35.6 Å². The third kappa shape index (κ3) is 4.15. The third-order valence-electron chi connectivity index (χ3n) is 10.5. The van der Waals surface area contributed by atoms with Crippen molar-refractivity contribution in [1.29, 1.82) is 0 Å². The molecule has 0 amide bonds. The number of hydrogen-bond acceptors (Lipinski definition) is 2. The zero-order valence-corrected chi connectivity index (χ0v) is 28.1. The van der Waals surface area contributed by atoms with Crippen LogP contribution in [0.15, 0.2) is 182 Å². The van der Waals surface area contributed by atoms with Crippen LogP contribution >= 0.6 is 0 Å². The van der Waals surface area contributed by atoms with Crippen LogP contribution in [-0.2, 0) is 0 Å². The van der Waals surface area contributed by atoms with E-state index in [0.717, 1.165) is 67.0 Å². The van der Waals surface area contributed by atoms with Gasteiger partial charge in [0.15, 0.2) is 0 Å². The number of rotatable bonds is 4. The monoisotopic (exact) mass is 662 g/mol. The largest absolute Gasteiger partial charge is 0.292 e. The molecule has 11 aromatic rings. The molecule has 0 aliphatic carbocycles. The molecule has 0 radical (unpaired) electrons. The number of nitrogens with zero attached hydrogens (tertiary/aromatic N) is 4. The molecule has 52 heavy (non-hydrogen) atoms. The zero-order chi connectivity index (χ0) is 34.2. The Balaban J connectivity index is 1.24. The Hall–Kier alpha value is -7.04. The van der Waals surface area contributed by atoms with Crippen molar-refractivity contribution in [3.05, 3.63) is 182 Å². The van der Waals surface area contributed by atoms with Crippen LogP contribution in [0.5, 0.6) is 0 Å². The first-order valence-corrected chi connectivity index (χ1v) is 17.7. The molecule has 11 rings (SSSR count). The molecule has 0 saturated carbocycles. The fourth-order valence-corrected chi connectivity index (χ4v) is 8.25. The summed E-state index contributed by atoms with van der Waals surface area (Å²) in [5, 5.41) is 9.51. The molecule has 2 heterocycles. The summed E-state index contributed by atoms with van der Waals surface area (Å²) in [6.45, 7) is 0.